The zero-order valence-corrected chi connectivity index (χ0v) is 4.95. The maximum atomic E-state index is 10.0. The number of hydrogen-bond donors (Lipinski definition) is 0. The van der Waals surface area contributed by atoms with Crippen LogP contribution in [-0.2, 0) is 4.57 Å². The van der Waals surface area contributed by atoms with Crippen LogP contribution < -0.4 is 0 Å². The second-order valence-electron chi connectivity index (χ2n) is 1.68. The van der Waals surface area contributed by atoms with Crippen molar-refractivity contribution in [2.24, 2.45) is 0 Å². The van der Waals surface area contributed by atoms with Gasteiger partial charge in [0.2, 0.25) is 0 Å². The second kappa shape index (κ2) is 2.23. The van der Waals surface area contributed by atoms with Gasteiger partial charge >= 0.3 is 0 Å². The summed E-state index contributed by atoms with van der Waals surface area (Å²) in [5.74, 6) is 0. The van der Waals surface area contributed by atoms with Gasteiger partial charge in [-0.15, -0.1) is 0 Å². The minimum atomic E-state index is 0.233. The van der Waals surface area contributed by atoms with E-state index in [1.165, 1.54) is 6.42 Å². The van der Waals surface area contributed by atoms with Crippen LogP contribution in [0.15, 0.2) is 11.4 Å². The Kier molecular flexibility index (Phi) is 1.59. The molecular formula is C5H7OP. The highest BCUT2D eigenvalue weighted by atomic mass is 31.1. The van der Waals surface area contributed by atoms with Gasteiger partial charge < -0.3 is 0 Å². The van der Waals surface area contributed by atoms with Gasteiger partial charge in [0.05, 0.1) is 0 Å². The highest BCUT2D eigenvalue weighted by molar-refractivity contribution is 7.29. The van der Waals surface area contributed by atoms with E-state index in [9.17, 15) is 4.57 Å². The third kappa shape index (κ3) is 1.10. The molecule has 0 N–H and O–H groups in total. The lowest BCUT2D eigenvalue weighted by Crippen LogP contribution is -1.56. The molecule has 0 spiro atoms. The topological polar surface area (TPSA) is 17.1 Å². The molecule has 0 amide bonds. The summed E-state index contributed by atoms with van der Waals surface area (Å²) in [6.07, 6.45) is 5.43. The Hall–Kier alpha value is -0.160. The molecule has 0 saturated carbocycles. The molecule has 38 valence electrons. The molecule has 0 bridgehead atoms. The molecule has 0 unspecified atom stereocenters. The molecule has 0 aliphatic heterocycles. The van der Waals surface area contributed by atoms with Gasteiger partial charge in [-0.2, -0.15) is 0 Å². The summed E-state index contributed by atoms with van der Waals surface area (Å²) in [5.41, 5.74) is 0. The lowest BCUT2D eigenvalue weighted by Gasteiger charge is -1.77. The van der Waals surface area contributed by atoms with Gasteiger partial charge in [0.25, 0.3) is 0 Å². The first-order valence-corrected chi connectivity index (χ1v) is 3.27. The summed E-state index contributed by atoms with van der Waals surface area (Å²) in [4.78, 5) is 0. The molecule has 0 fully saturated rings. The van der Waals surface area contributed by atoms with Crippen LogP contribution in [0.1, 0.15) is 19.3 Å². The average Bonchev–Trinajstić information content (AvgIpc) is 2.14. The maximum absolute atomic E-state index is 10.0. The van der Waals surface area contributed by atoms with Crippen LogP contribution in [0.3, 0.4) is 0 Å². The first kappa shape index (κ1) is 4.99. The van der Waals surface area contributed by atoms with Gasteiger partial charge in [0.1, 0.15) is 0 Å². The van der Waals surface area contributed by atoms with E-state index in [1.54, 1.807) is 0 Å². The summed E-state index contributed by atoms with van der Waals surface area (Å²) in [7, 11) is 0.233. The van der Waals surface area contributed by atoms with E-state index in [4.69, 9.17) is 0 Å². The largest absolute Gasteiger partial charge is 0.270 e. The first-order chi connectivity index (χ1) is 3.43. The van der Waals surface area contributed by atoms with Crippen molar-refractivity contribution in [1.82, 2.24) is 0 Å². The third-order valence-electron chi connectivity index (χ3n) is 1.13. The quantitative estimate of drug-likeness (QED) is 0.478. The molecule has 0 atom stereocenters. The van der Waals surface area contributed by atoms with E-state index in [2.05, 4.69) is 6.08 Å². The van der Waals surface area contributed by atoms with Gasteiger partial charge in [0, 0.05) is 5.31 Å². The van der Waals surface area contributed by atoms with Gasteiger partial charge in [-0.05, 0) is 19.3 Å². The molecule has 1 aliphatic carbocycles. The Morgan fingerprint density at radius 3 is 2.86 bits per heavy atom. The van der Waals surface area contributed by atoms with Crippen molar-refractivity contribution in [3.63, 3.8) is 0 Å². The molecule has 1 nitrogen and oxygen atoms in total. The number of allylic oxidation sites excluding steroid dienone is 2. The highest BCUT2D eigenvalue weighted by Crippen LogP contribution is 2.25. The molecule has 0 radical (unpaired) electrons. The highest BCUT2D eigenvalue weighted by Gasteiger charge is 2.01. The lowest BCUT2D eigenvalue weighted by atomic mass is 10.4. The molecule has 1 rings (SSSR count). The van der Waals surface area contributed by atoms with Crippen LogP contribution in [0.25, 0.3) is 0 Å². The summed E-state index contributed by atoms with van der Waals surface area (Å²) in [6, 6.07) is 0. The van der Waals surface area contributed by atoms with Gasteiger partial charge in [-0.25, -0.2) is 0 Å². The van der Waals surface area contributed by atoms with Crippen LogP contribution >= 0.6 is 8.46 Å². The molecule has 2 heteroatoms. The van der Waals surface area contributed by atoms with E-state index < -0.39 is 0 Å². The molecule has 0 aromatic rings. The Labute approximate surface area is 44.6 Å². The third-order valence-corrected chi connectivity index (χ3v) is 1.77. The van der Waals surface area contributed by atoms with Crippen LogP contribution in [0, 0.1) is 0 Å². The molecule has 7 heavy (non-hydrogen) atoms. The molecule has 0 aromatic carbocycles. The molecular weight excluding hydrogens is 107 g/mol. The van der Waals surface area contributed by atoms with Gasteiger partial charge in [-0.3, -0.25) is 4.57 Å². The maximum Gasteiger partial charge on any atom is 0.187 e. The van der Waals surface area contributed by atoms with Crippen LogP contribution in [0.5, 0.6) is 0 Å². The Bertz CT molecular complexity index is 107. The molecule has 0 aromatic heterocycles. The molecule has 1 aliphatic rings. The Morgan fingerprint density at radius 2 is 2.57 bits per heavy atom. The van der Waals surface area contributed by atoms with Crippen LogP contribution in [-0.4, -0.2) is 0 Å². The fourth-order valence-corrected chi connectivity index (χ4v) is 1.19. The monoisotopic (exact) mass is 114 g/mol. The van der Waals surface area contributed by atoms with E-state index in [0.29, 0.717) is 0 Å². The van der Waals surface area contributed by atoms with Crippen LogP contribution in [0.4, 0.5) is 0 Å². The van der Waals surface area contributed by atoms with E-state index in [1.807, 2.05) is 0 Å². The van der Waals surface area contributed by atoms with Crippen molar-refractivity contribution in [3.8, 4) is 0 Å². The fourth-order valence-electron chi connectivity index (χ4n) is 0.737. The van der Waals surface area contributed by atoms with Gasteiger partial charge in [0.15, 0.2) is 8.46 Å². The fraction of sp³-hybridized carbons (Fsp3) is 0.600. The predicted molar refractivity (Wildman–Crippen MR) is 29.5 cm³/mol. The number of rotatable bonds is 1. The van der Waals surface area contributed by atoms with Crippen molar-refractivity contribution in [2.45, 2.75) is 19.3 Å². The van der Waals surface area contributed by atoms with E-state index >= 15 is 0 Å². The Morgan fingerprint density at radius 1 is 1.71 bits per heavy atom. The summed E-state index contributed by atoms with van der Waals surface area (Å²) in [6.45, 7) is 0. The average molecular weight is 114 g/mol. The SMILES string of the molecule is O=PC1=CCCC1. The zero-order chi connectivity index (χ0) is 5.11. The zero-order valence-electron chi connectivity index (χ0n) is 4.05. The smallest absolute Gasteiger partial charge is 0.187 e. The number of hydrogen-bond acceptors (Lipinski definition) is 1. The summed E-state index contributed by atoms with van der Waals surface area (Å²) < 4.78 is 10.0. The first-order valence-electron chi connectivity index (χ1n) is 2.46. The Balaban J connectivity index is 2.51. The van der Waals surface area contributed by atoms with Crippen molar-refractivity contribution < 1.29 is 4.57 Å². The minimum absolute atomic E-state index is 0.233. The van der Waals surface area contributed by atoms with E-state index in [0.717, 1.165) is 18.2 Å². The minimum Gasteiger partial charge on any atom is -0.270 e. The van der Waals surface area contributed by atoms with Crippen molar-refractivity contribution in [3.05, 3.63) is 11.4 Å². The predicted octanol–water partition coefficient (Wildman–Crippen LogP) is 2.35. The van der Waals surface area contributed by atoms with Crippen LogP contribution in [0.2, 0.25) is 0 Å². The summed E-state index contributed by atoms with van der Waals surface area (Å²) in [5, 5.41) is 1.08. The second-order valence-corrected chi connectivity index (χ2v) is 2.44. The lowest BCUT2D eigenvalue weighted by molar-refractivity contribution is 0.601. The standard InChI is InChI=1S/C5H7OP/c6-7-5-3-1-2-4-5/h3H,1-2,4H2. The van der Waals surface area contributed by atoms with E-state index in [-0.39, 0.29) is 8.46 Å². The molecule has 0 heterocycles. The van der Waals surface area contributed by atoms with Crippen molar-refractivity contribution >= 4 is 8.46 Å². The summed E-state index contributed by atoms with van der Waals surface area (Å²) >= 11 is 0. The normalized spacial score (nSPS) is 20.3. The van der Waals surface area contributed by atoms with Crippen molar-refractivity contribution in [2.75, 3.05) is 0 Å². The molecule has 0 saturated heterocycles. The van der Waals surface area contributed by atoms with Gasteiger partial charge in [-0.1, -0.05) is 6.08 Å². The van der Waals surface area contributed by atoms with Crippen molar-refractivity contribution in [1.29, 1.82) is 0 Å².